The Hall–Kier alpha value is -4.34. The summed E-state index contributed by atoms with van der Waals surface area (Å²) in [6, 6.07) is 15.5. The van der Waals surface area contributed by atoms with E-state index in [1.807, 2.05) is 83.1 Å². The molecule has 3 amide bonds. The van der Waals surface area contributed by atoms with Crippen molar-refractivity contribution in [1.29, 1.82) is 0 Å². The molecule has 2 N–H and O–H groups in total. The average Bonchev–Trinajstić information content (AvgIpc) is 3.47. The molecular formula is C35H34N4O3S2. The quantitative estimate of drug-likeness (QED) is 0.142. The molecule has 4 aromatic rings. The van der Waals surface area contributed by atoms with Crippen molar-refractivity contribution >= 4 is 63.8 Å². The van der Waals surface area contributed by atoms with Crippen molar-refractivity contribution < 1.29 is 14.4 Å². The van der Waals surface area contributed by atoms with Crippen molar-refractivity contribution in [2.24, 2.45) is 0 Å². The molecule has 0 spiro atoms. The molecule has 7 nitrogen and oxygen atoms in total. The summed E-state index contributed by atoms with van der Waals surface area (Å²) in [5.41, 5.74) is 8.75. The van der Waals surface area contributed by atoms with E-state index in [1.165, 1.54) is 9.78 Å². The standard InChI is InChI=1S/C35H34N4O3S2/c1-19-10-12-25(13-11-19)36-32(41)30-27-8-6-7-9-29(27)44-34(30)38-22(4)17-24(23(38)5)18-28-31(40)37-35(43)39(33(28)42)26-15-20(2)14-21(3)16-26/h10-18H,6-9H2,1-5H3,(H,36,41)(H,37,40,43)/b28-18-. The van der Waals surface area contributed by atoms with Gasteiger partial charge in [-0.1, -0.05) is 23.8 Å². The average molecular weight is 623 g/mol. The fourth-order valence-electron chi connectivity index (χ4n) is 6.15. The van der Waals surface area contributed by atoms with Gasteiger partial charge in [0.25, 0.3) is 17.7 Å². The third kappa shape index (κ3) is 5.42. The lowest BCUT2D eigenvalue weighted by atomic mass is 9.95. The third-order valence-electron chi connectivity index (χ3n) is 8.23. The van der Waals surface area contributed by atoms with E-state index in [1.54, 1.807) is 17.4 Å². The van der Waals surface area contributed by atoms with Crippen molar-refractivity contribution in [3.63, 3.8) is 0 Å². The van der Waals surface area contributed by atoms with E-state index in [9.17, 15) is 14.4 Å². The highest BCUT2D eigenvalue weighted by molar-refractivity contribution is 7.80. The second-order valence-electron chi connectivity index (χ2n) is 11.7. The number of nitrogens with one attached hydrogen (secondary N) is 2. The number of amides is 3. The molecule has 3 heterocycles. The molecule has 1 saturated heterocycles. The van der Waals surface area contributed by atoms with Crippen molar-refractivity contribution in [2.75, 3.05) is 10.2 Å². The smallest absolute Gasteiger partial charge is 0.270 e. The Kier molecular flexibility index (Phi) is 7.86. The van der Waals surface area contributed by atoms with Crippen LogP contribution in [0.1, 0.15) is 67.3 Å². The number of hydrogen-bond donors (Lipinski definition) is 2. The molecule has 1 aliphatic carbocycles. The van der Waals surface area contributed by atoms with Crippen LogP contribution in [-0.4, -0.2) is 27.4 Å². The Morgan fingerprint density at radius 2 is 1.61 bits per heavy atom. The molecule has 44 heavy (non-hydrogen) atoms. The minimum atomic E-state index is -0.532. The van der Waals surface area contributed by atoms with Crippen LogP contribution in [-0.2, 0) is 22.4 Å². The Morgan fingerprint density at radius 3 is 2.32 bits per heavy atom. The summed E-state index contributed by atoms with van der Waals surface area (Å²) in [6.07, 6.45) is 5.59. The van der Waals surface area contributed by atoms with Crippen molar-refractivity contribution in [2.45, 2.75) is 60.3 Å². The molecule has 0 saturated carbocycles. The van der Waals surface area contributed by atoms with Gasteiger partial charge in [-0.3, -0.25) is 24.6 Å². The normalized spacial score (nSPS) is 15.9. The van der Waals surface area contributed by atoms with Crippen LogP contribution in [0.5, 0.6) is 0 Å². The van der Waals surface area contributed by atoms with Crippen LogP contribution < -0.4 is 15.5 Å². The zero-order valence-electron chi connectivity index (χ0n) is 25.5. The molecule has 9 heteroatoms. The number of aromatic nitrogens is 1. The lowest BCUT2D eigenvalue weighted by Gasteiger charge is -2.29. The van der Waals surface area contributed by atoms with E-state index < -0.39 is 11.8 Å². The predicted octanol–water partition coefficient (Wildman–Crippen LogP) is 7.04. The minimum Gasteiger partial charge on any atom is -0.322 e. The fourth-order valence-corrected chi connectivity index (χ4v) is 7.93. The van der Waals surface area contributed by atoms with Gasteiger partial charge in [0.2, 0.25) is 0 Å². The first kappa shape index (κ1) is 29.7. The molecule has 0 atom stereocenters. The summed E-state index contributed by atoms with van der Waals surface area (Å²) in [4.78, 5) is 43.4. The zero-order valence-corrected chi connectivity index (χ0v) is 27.1. The first-order valence-electron chi connectivity index (χ1n) is 14.7. The second-order valence-corrected chi connectivity index (χ2v) is 13.1. The van der Waals surface area contributed by atoms with Gasteiger partial charge in [0.1, 0.15) is 10.6 Å². The molecule has 1 aliphatic heterocycles. The van der Waals surface area contributed by atoms with Gasteiger partial charge >= 0.3 is 0 Å². The number of carbonyl (C=O) groups excluding carboxylic acids is 3. The van der Waals surface area contributed by atoms with Crippen molar-refractivity contribution in [3.8, 4) is 5.00 Å². The van der Waals surface area contributed by atoms with Crippen molar-refractivity contribution in [1.82, 2.24) is 9.88 Å². The first-order valence-corrected chi connectivity index (χ1v) is 16.0. The zero-order chi connectivity index (χ0) is 31.3. The lowest BCUT2D eigenvalue weighted by molar-refractivity contribution is -0.122. The number of rotatable bonds is 5. The molecule has 0 unspecified atom stereocenters. The van der Waals surface area contributed by atoms with E-state index in [-0.39, 0.29) is 16.6 Å². The molecular weight excluding hydrogens is 589 g/mol. The SMILES string of the molecule is Cc1ccc(NC(=O)c2c(-n3c(C)cc(/C=C4/C(=O)NC(=S)N(c5cc(C)cc(C)c5)C4=O)c3C)sc3c2CCCC3)cc1. The van der Waals surface area contributed by atoms with Crippen LogP contribution in [0.2, 0.25) is 0 Å². The summed E-state index contributed by atoms with van der Waals surface area (Å²) >= 11 is 7.08. The summed E-state index contributed by atoms with van der Waals surface area (Å²) in [7, 11) is 0. The maximum Gasteiger partial charge on any atom is 0.270 e. The Bertz CT molecular complexity index is 1880. The van der Waals surface area contributed by atoms with Crippen LogP contribution >= 0.6 is 23.6 Å². The van der Waals surface area contributed by atoms with E-state index in [4.69, 9.17) is 12.2 Å². The number of nitrogens with zero attached hydrogens (tertiary/aromatic N) is 2. The van der Waals surface area contributed by atoms with Gasteiger partial charge in [0, 0.05) is 22.0 Å². The van der Waals surface area contributed by atoms with Gasteiger partial charge in [0.05, 0.1) is 11.3 Å². The molecule has 0 bridgehead atoms. The van der Waals surface area contributed by atoms with Gasteiger partial charge in [-0.25, -0.2) is 0 Å². The Labute approximate surface area is 266 Å². The number of hydrogen-bond acceptors (Lipinski definition) is 5. The monoisotopic (exact) mass is 622 g/mol. The number of fused-ring (bicyclic) bond motifs is 1. The van der Waals surface area contributed by atoms with Crippen molar-refractivity contribution in [3.05, 3.63) is 104 Å². The summed E-state index contributed by atoms with van der Waals surface area (Å²) in [5.74, 6) is -1.14. The second kappa shape index (κ2) is 11.6. The third-order valence-corrected chi connectivity index (χ3v) is 9.79. The highest BCUT2D eigenvalue weighted by atomic mass is 32.1. The van der Waals surface area contributed by atoms with Gasteiger partial charge in [0.15, 0.2) is 5.11 Å². The molecule has 1 fully saturated rings. The fraction of sp³-hybridized carbons (Fsp3) is 0.257. The molecule has 2 aromatic carbocycles. The van der Waals surface area contributed by atoms with Gasteiger partial charge in [-0.2, -0.15) is 0 Å². The number of thiophene rings is 1. The topological polar surface area (TPSA) is 83.4 Å². The largest absolute Gasteiger partial charge is 0.322 e. The number of benzene rings is 2. The maximum atomic E-state index is 13.9. The number of thiocarbonyl (C=S) groups is 1. The van der Waals surface area contributed by atoms with Gasteiger partial charge < -0.3 is 9.88 Å². The number of carbonyl (C=O) groups is 3. The van der Waals surface area contributed by atoms with Crippen LogP contribution in [0.3, 0.4) is 0 Å². The molecule has 2 aromatic heterocycles. The van der Waals surface area contributed by atoms with Gasteiger partial charge in [-0.15, -0.1) is 11.3 Å². The van der Waals surface area contributed by atoms with E-state index in [0.717, 1.165) is 75.6 Å². The Morgan fingerprint density at radius 1 is 0.932 bits per heavy atom. The van der Waals surface area contributed by atoms with Crippen LogP contribution in [0.15, 0.2) is 54.1 Å². The first-order chi connectivity index (χ1) is 21.0. The van der Waals surface area contributed by atoms with E-state index in [0.29, 0.717) is 11.3 Å². The number of anilines is 2. The summed E-state index contributed by atoms with van der Waals surface area (Å²) < 4.78 is 2.08. The molecule has 2 aliphatic rings. The summed E-state index contributed by atoms with van der Waals surface area (Å²) in [5, 5.41) is 6.73. The minimum absolute atomic E-state index is 0.000760. The molecule has 6 rings (SSSR count). The van der Waals surface area contributed by atoms with E-state index in [2.05, 4.69) is 15.2 Å². The van der Waals surface area contributed by atoms with E-state index >= 15 is 0 Å². The van der Waals surface area contributed by atoms with Crippen LogP contribution in [0, 0.1) is 34.6 Å². The molecule has 224 valence electrons. The maximum absolute atomic E-state index is 13.9. The highest BCUT2D eigenvalue weighted by Crippen LogP contribution is 2.39. The number of aryl methyl sites for hydroxylation is 5. The summed E-state index contributed by atoms with van der Waals surface area (Å²) in [6.45, 7) is 9.86. The highest BCUT2D eigenvalue weighted by Gasteiger charge is 2.35. The Balaban J connectivity index is 1.41. The predicted molar refractivity (Wildman–Crippen MR) is 181 cm³/mol. The van der Waals surface area contributed by atoms with Crippen LogP contribution in [0.25, 0.3) is 11.1 Å². The lowest BCUT2D eigenvalue weighted by Crippen LogP contribution is -2.54. The molecule has 0 radical (unpaired) electrons. The van der Waals surface area contributed by atoms with Gasteiger partial charge in [-0.05, 0) is 131 Å². The van der Waals surface area contributed by atoms with Crippen LogP contribution in [0.4, 0.5) is 11.4 Å².